The molecule has 54 heavy (non-hydrogen) atoms. The number of carboxylic acids is 1. The Kier molecular flexibility index (Phi) is 13.7. The van der Waals surface area contributed by atoms with Gasteiger partial charge >= 0.3 is 23.9 Å². The van der Waals surface area contributed by atoms with Gasteiger partial charge < -0.3 is 30.9 Å². The lowest BCUT2D eigenvalue weighted by Gasteiger charge is -2.29. The van der Waals surface area contributed by atoms with Crippen molar-refractivity contribution in [2.75, 3.05) is 24.3 Å². The SMILES string of the molecule is COC(=O)c1ccc(NC(=O)N(C(=O)CCCC(CC(=O)OC(C)(C)C)c2ccc3c(c2)Cc2cc(NC(=O)CN)ccc2-3)[C@@H](CC(C)C)C(=O)O)cc1. The molecule has 0 heterocycles. The van der Waals surface area contributed by atoms with Crippen LogP contribution >= 0.6 is 0 Å². The summed E-state index contributed by atoms with van der Waals surface area (Å²) in [5.41, 5.74) is 11.0. The van der Waals surface area contributed by atoms with Crippen LogP contribution in [0.3, 0.4) is 0 Å². The number of carboxylic acid groups (broad SMARTS) is 1. The molecule has 0 bridgehead atoms. The maximum absolute atomic E-state index is 13.8. The smallest absolute Gasteiger partial charge is 0.337 e. The Balaban J connectivity index is 1.55. The van der Waals surface area contributed by atoms with Crippen molar-refractivity contribution >= 4 is 47.1 Å². The molecule has 288 valence electrons. The number of fused-ring (bicyclic) bond motifs is 3. The summed E-state index contributed by atoms with van der Waals surface area (Å²) in [5.74, 6) is -3.73. The van der Waals surface area contributed by atoms with Crippen LogP contribution in [0.4, 0.5) is 16.2 Å². The number of carbonyl (C=O) groups is 6. The van der Waals surface area contributed by atoms with E-state index in [9.17, 15) is 33.9 Å². The van der Waals surface area contributed by atoms with Gasteiger partial charge in [0, 0.05) is 17.8 Å². The molecular formula is C41H50N4O9. The molecule has 5 N–H and O–H groups in total. The third kappa shape index (κ3) is 11.0. The van der Waals surface area contributed by atoms with Gasteiger partial charge in [0.25, 0.3) is 0 Å². The quantitative estimate of drug-likeness (QED) is 0.0979. The minimum Gasteiger partial charge on any atom is -0.480 e. The Morgan fingerprint density at radius 3 is 2.11 bits per heavy atom. The number of imide groups is 1. The van der Waals surface area contributed by atoms with Gasteiger partial charge in [0.2, 0.25) is 11.8 Å². The summed E-state index contributed by atoms with van der Waals surface area (Å²) in [6.07, 6.45) is 1.16. The minimum absolute atomic E-state index is 0.0371. The number of methoxy groups -OCH3 is 1. The molecule has 1 unspecified atom stereocenters. The van der Waals surface area contributed by atoms with E-state index < -0.39 is 41.5 Å². The molecule has 13 heteroatoms. The predicted molar refractivity (Wildman–Crippen MR) is 204 cm³/mol. The standard InChI is InChI=1S/C41H50N4O9/c1-24(2)18-34(38(49)50)45(40(52)44-30-13-10-25(11-14-30)39(51)53-6)36(47)9-7-8-26(22-37(48)54-41(3,4)5)27-12-16-32-28(19-27)20-29-21-31(15-17-33(29)32)43-35(46)23-42/h10-17,19,21,24,26,34H,7-9,18,20,22-23,42H2,1-6H3,(H,43,46)(H,44,52)(H,49,50)/t26?,34-/m0/s1. The van der Waals surface area contributed by atoms with E-state index in [-0.39, 0.29) is 61.2 Å². The topological polar surface area (TPSA) is 194 Å². The lowest BCUT2D eigenvalue weighted by molar-refractivity contribution is -0.155. The number of ether oxygens (including phenoxy) is 2. The van der Waals surface area contributed by atoms with Crippen molar-refractivity contribution in [3.05, 3.63) is 82.9 Å². The fraction of sp³-hybridized carbons (Fsp3) is 0.415. The van der Waals surface area contributed by atoms with Crippen LogP contribution in [0.5, 0.6) is 0 Å². The van der Waals surface area contributed by atoms with Crippen LogP contribution in [-0.2, 0) is 35.1 Å². The third-order valence-electron chi connectivity index (χ3n) is 8.96. The van der Waals surface area contributed by atoms with Crippen molar-refractivity contribution in [3.63, 3.8) is 0 Å². The molecule has 0 saturated carbocycles. The van der Waals surface area contributed by atoms with Gasteiger partial charge in [-0.05, 0) is 123 Å². The highest BCUT2D eigenvalue weighted by Gasteiger charge is 2.35. The summed E-state index contributed by atoms with van der Waals surface area (Å²) >= 11 is 0. The molecule has 1 aliphatic rings. The number of nitrogens with zero attached hydrogens (tertiary/aromatic N) is 1. The zero-order valence-corrected chi connectivity index (χ0v) is 31.7. The molecule has 0 radical (unpaired) electrons. The Morgan fingerprint density at radius 1 is 0.889 bits per heavy atom. The van der Waals surface area contributed by atoms with E-state index in [1.807, 2.05) is 30.3 Å². The van der Waals surface area contributed by atoms with E-state index in [1.54, 1.807) is 34.6 Å². The number of urea groups is 1. The highest BCUT2D eigenvalue weighted by Crippen LogP contribution is 2.40. The molecule has 4 amide bonds. The number of esters is 2. The number of carbonyl (C=O) groups excluding carboxylic acids is 5. The highest BCUT2D eigenvalue weighted by molar-refractivity contribution is 6.04. The zero-order valence-electron chi connectivity index (χ0n) is 31.7. The maximum Gasteiger partial charge on any atom is 0.337 e. The average molecular weight is 743 g/mol. The van der Waals surface area contributed by atoms with Crippen LogP contribution in [0.1, 0.15) is 99.7 Å². The van der Waals surface area contributed by atoms with Gasteiger partial charge in [-0.1, -0.05) is 38.1 Å². The summed E-state index contributed by atoms with van der Waals surface area (Å²) in [5, 5.41) is 15.5. The normalized spacial score (nSPS) is 12.9. The van der Waals surface area contributed by atoms with Crippen molar-refractivity contribution in [2.24, 2.45) is 11.7 Å². The molecule has 0 spiro atoms. The van der Waals surface area contributed by atoms with E-state index >= 15 is 0 Å². The minimum atomic E-state index is -1.42. The monoisotopic (exact) mass is 742 g/mol. The van der Waals surface area contributed by atoms with Gasteiger partial charge in [0.1, 0.15) is 11.6 Å². The molecule has 4 rings (SSSR count). The van der Waals surface area contributed by atoms with E-state index in [0.29, 0.717) is 18.5 Å². The summed E-state index contributed by atoms with van der Waals surface area (Å²) in [6, 6.07) is 15.2. The Hall–Kier alpha value is -5.56. The van der Waals surface area contributed by atoms with E-state index in [1.165, 1.54) is 31.4 Å². The number of aliphatic carboxylic acids is 1. The lowest BCUT2D eigenvalue weighted by Crippen LogP contribution is -2.51. The van der Waals surface area contributed by atoms with Crippen molar-refractivity contribution in [3.8, 4) is 11.1 Å². The number of anilines is 2. The predicted octanol–water partition coefficient (Wildman–Crippen LogP) is 6.49. The zero-order chi connectivity index (χ0) is 39.7. The summed E-state index contributed by atoms with van der Waals surface area (Å²) < 4.78 is 10.4. The fourth-order valence-corrected chi connectivity index (χ4v) is 6.55. The summed E-state index contributed by atoms with van der Waals surface area (Å²) in [4.78, 5) is 77.5. The Labute approximate surface area is 315 Å². The lowest BCUT2D eigenvalue weighted by atomic mass is 9.88. The largest absolute Gasteiger partial charge is 0.480 e. The van der Waals surface area contributed by atoms with Gasteiger partial charge in [-0.15, -0.1) is 0 Å². The number of nitrogens with one attached hydrogen (secondary N) is 2. The van der Waals surface area contributed by atoms with Crippen LogP contribution in [0.2, 0.25) is 0 Å². The van der Waals surface area contributed by atoms with E-state index in [0.717, 1.165) is 32.7 Å². The molecule has 1 aliphatic carbocycles. The van der Waals surface area contributed by atoms with E-state index in [4.69, 9.17) is 15.2 Å². The first-order valence-corrected chi connectivity index (χ1v) is 18.0. The molecule has 0 aliphatic heterocycles. The molecule has 3 aromatic rings. The first kappa shape index (κ1) is 41.2. The number of rotatable bonds is 15. The van der Waals surface area contributed by atoms with Crippen LogP contribution in [0.15, 0.2) is 60.7 Å². The van der Waals surface area contributed by atoms with Crippen LogP contribution in [0.25, 0.3) is 11.1 Å². The van der Waals surface area contributed by atoms with Gasteiger partial charge in [-0.3, -0.25) is 14.4 Å². The summed E-state index contributed by atoms with van der Waals surface area (Å²) in [6.45, 7) is 8.85. The van der Waals surface area contributed by atoms with Gasteiger partial charge in [-0.2, -0.15) is 0 Å². The van der Waals surface area contributed by atoms with Crippen molar-refractivity contribution in [1.29, 1.82) is 0 Å². The van der Waals surface area contributed by atoms with Gasteiger partial charge in [0.15, 0.2) is 0 Å². The second-order valence-electron chi connectivity index (χ2n) is 14.8. The first-order chi connectivity index (χ1) is 25.5. The second-order valence-corrected chi connectivity index (χ2v) is 14.8. The highest BCUT2D eigenvalue weighted by atomic mass is 16.6. The Bertz CT molecular complexity index is 1880. The molecule has 3 aromatic carbocycles. The molecular weight excluding hydrogens is 692 g/mol. The maximum atomic E-state index is 13.8. The number of hydrogen-bond acceptors (Lipinski definition) is 9. The second kappa shape index (κ2) is 18.0. The third-order valence-corrected chi connectivity index (χ3v) is 8.96. The van der Waals surface area contributed by atoms with Crippen molar-refractivity contribution in [1.82, 2.24) is 4.90 Å². The van der Waals surface area contributed by atoms with Crippen LogP contribution in [-0.4, -0.2) is 71.1 Å². The van der Waals surface area contributed by atoms with Crippen LogP contribution < -0.4 is 16.4 Å². The molecule has 2 atom stereocenters. The van der Waals surface area contributed by atoms with Gasteiger partial charge in [0.05, 0.1) is 25.6 Å². The van der Waals surface area contributed by atoms with E-state index in [2.05, 4.69) is 16.7 Å². The number of hydrogen-bond donors (Lipinski definition) is 4. The molecule has 0 aromatic heterocycles. The molecule has 0 fully saturated rings. The number of nitrogens with two attached hydrogens (primary N) is 1. The van der Waals surface area contributed by atoms with Crippen molar-refractivity contribution in [2.45, 2.75) is 90.7 Å². The van der Waals surface area contributed by atoms with Crippen molar-refractivity contribution < 1.29 is 43.3 Å². The van der Waals surface area contributed by atoms with Crippen LogP contribution in [0, 0.1) is 5.92 Å². The Morgan fingerprint density at radius 2 is 1.52 bits per heavy atom. The summed E-state index contributed by atoms with van der Waals surface area (Å²) in [7, 11) is 1.25. The average Bonchev–Trinajstić information content (AvgIpc) is 3.46. The number of benzene rings is 3. The fourth-order valence-electron chi connectivity index (χ4n) is 6.55. The van der Waals surface area contributed by atoms with Gasteiger partial charge in [-0.25, -0.2) is 19.3 Å². The first-order valence-electron chi connectivity index (χ1n) is 18.0. The number of amides is 4. The molecule has 13 nitrogen and oxygen atoms in total. The molecule has 0 saturated heterocycles.